The summed E-state index contributed by atoms with van der Waals surface area (Å²) in [5, 5.41) is 15.9. The van der Waals surface area contributed by atoms with E-state index in [-0.39, 0.29) is 17.3 Å². The number of hydrogen-bond acceptors (Lipinski definition) is 7. The summed E-state index contributed by atoms with van der Waals surface area (Å²) in [4.78, 5) is 33.9. The molecule has 0 spiro atoms. The zero-order valence-electron chi connectivity index (χ0n) is 16.8. The van der Waals surface area contributed by atoms with E-state index in [2.05, 4.69) is 20.7 Å². The molecule has 0 bridgehead atoms. The monoisotopic (exact) mass is 449 g/mol. The molecule has 0 radical (unpaired) electrons. The van der Waals surface area contributed by atoms with Crippen LogP contribution in [0.3, 0.4) is 0 Å². The van der Waals surface area contributed by atoms with Crippen molar-refractivity contribution in [3.05, 3.63) is 65.3 Å². The number of aromatic hydroxyl groups is 1. The number of nitrogens with zero attached hydrogens (tertiary/aromatic N) is 2. The van der Waals surface area contributed by atoms with Crippen molar-refractivity contribution in [1.29, 1.82) is 0 Å². The molecule has 2 heterocycles. The highest BCUT2D eigenvalue weighted by atomic mass is 32.2. The number of phenols is 1. The number of benzene rings is 2. The van der Waals surface area contributed by atoms with E-state index < -0.39 is 5.25 Å². The first kappa shape index (κ1) is 21.0. The molecule has 0 fully saturated rings. The molecule has 0 saturated heterocycles. The Morgan fingerprint density at radius 2 is 1.97 bits per heavy atom. The van der Waals surface area contributed by atoms with Crippen molar-refractivity contribution in [3.8, 4) is 16.9 Å². The second-order valence-corrected chi connectivity index (χ2v) is 9.10. The topological polar surface area (TPSA) is 92.2 Å². The summed E-state index contributed by atoms with van der Waals surface area (Å²) in [6.45, 7) is 3.61. The molecule has 1 amide bonds. The summed E-state index contributed by atoms with van der Waals surface area (Å²) in [7, 11) is 0. The number of aromatic nitrogens is 2. The number of hydrogen-bond donors (Lipinski definition) is 2. The van der Waals surface area contributed by atoms with Gasteiger partial charge in [0.1, 0.15) is 27.7 Å². The molecule has 156 valence electrons. The largest absolute Gasteiger partial charge is 0.506 e. The molecule has 1 atom stereocenters. The van der Waals surface area contributed by atoms with Gasteiger partial charge in [-0.3, -0.25) is 9.59 Å². The molecule has 4 aromatic rings. The van der Waals surface area contributed by atoms with Gasteiger partial charge in [0.15, 0.2) is 0 Å². The molecule has 6 nitrogen and oxygen atoms in total. The fourth-order valence-corrected chi connectivity index (χ4v) is 5.18. The maximum Gasteiger partial charge on any atom is 0.237 e. The van der Waals surface area contributed by atoms with Crippen LogP contribution >= 0.6 is 23.1 Å². The lowest BCUT2D eigenvalue weighted by Crippen LogP contribution is -2.22. The van der Waals surface area contributed by atoms with E-state index >= 15 is 0 Å². The smallest absolute Gasteiger partial charge is 0.237 e. The number of fused-ring (bicyclic) bond motifs is 1. The number of nitrogens with one attached hydrogen (secondary N) is 1. The highest BCUT2D eigenvalue weighted by Crippen LogP contribution is 2.39. The number of thiophene rings is 1. The van der Waals surface area contributed by atoms with Crippen LogP contribution in [0.2, 0.25) is 0 Å². The van der Waals surface area contributed by atoms with Gasteiger partial charge in [-0.2, -0.15) is 0 Å². The summed E-state index contributed by atoms with van der Waals surface area (Å²) in [6.07, 6.45) is 0.662. The van der Waals surface area contributed by atoms with Crippen molar-refractivity contribution >= 4 is 51.2 Å². The normalized spacial score (nSPS) is 11.9. The second-order valence-electron chi connectivity index (χ2n) is 6.92. The molecular formula is C23H19N3O3S2. The number of aryl methyl sites for hydroxylation is 1. The van der Waals surface area contributed by atoms with E-state index in [9.17, 15) is 14.7 Å². The third-order valence-electron chi connectivity index (χ3n) is 4.67. The number of anilines is 1. The Kier molecular flexibility index (Phi) is 6.01. The summed E-state index contributed by atoms with van der Waals surface area (Å²) >= 11 is 2.89. The Hall–Kier alpha value is -3.23. The van der Waals surface area contributed by atoms with Crippen molar-refractivity contribution in [2.75, 3.05) is 5.32 Å². The third kappa shape index (κ3) is 4.45. The van der Waals surface area contributed by atoms with Crippen LogP contribution in [0.5, 0.6) is 5.75 Å². The second kappa shape index (κ2) is 8.87. The van der Waals surface area contributed by atoms with Gasteiger partial charge in [-0.05, 0) is 37.6 Å². The van der Waals surface area contributed by atoms with Gasteiger partial charge in [-0.25, -0.2) is 9.97 Å². The van der Waals surface area contributed by atoms with Gasteiger partial charge in [0.2, 0.25) is 5.91 Å². The molecule has 2 N–H and O–H groups in total. The first-order chi connectivity index (χ1) is 15.0. The quantitative estimate of drug-likeness (QED) is 0.179. The third-order valence-corrected chi connectivity index (χ3v) is 6.63. The van der Waals surface area contributed by atoms with E-state index in [1.165, 1.54) is 30.0 Å². The molecule has 4 rings (SSSR count). The Morgan fingerprint density at radius 1 is 1.19 bits per heavy atom. The molecule has 0 aliphatic rings. The van der Waals surface area contributed by atoms with Gasteiger partial charge in [0.05, 0.1) is 16.3 Å². The van der Waals surface area contributed by atoms with E-state index in [4.69, 9.17) is 0 Å². The van der Waals surface area contributed by atoms with Gasteiger partial charge < -0.3 is 10.4 Å². The summed E-state index contributed by atoms with van der Waals surface area (Å²) in [5.74, 6) is 0.241. The maximum absolute atomic E-state index is 12.8. The molecule has 0 saturated carbocycles. The summed E-state index contributed by atoms with van der Waals surface area (Å²) in [6, 6.07) is 14.3. The minimum absolute atomic E-state index is 0.0966. The zero-order chi connectivity index (χ0) is 22.0. The van der Waals surface area contributed by atoms with Crippen molar-refractivity contribution < 1.29 is 14.7 Å². The lowest BCUT2D eigenvalue weighted by atomic mass is 10.1. The number of carbonyl (C=O) groups is 2. The van der Waals surface area contributed by atoms with E-state index in [1.807, 2.05) is 37.3 Å². The Labute approximate surface area is 187 Å². The lowest BCUT2D eigenvalue weighted by molar-refractivity contribution is -0.115. The fourth-order valence-electron chi connectivity index (χ4n) is 3.11. The molecule has 2 aromatic carbocycles. The minimum Gasteiger partial charge on any atom is -0.506 e. The van der Waals surface area contributed by atoms with Crippen molar-refractivity contribution in [2.24, 2.45) is 0 Å². The minimum atomic E-state index is -0.500. The summed E-state index contributed by atoms with van der Waals surface area (Å²) in [5.41, 5.74) is 2.67. The first-order valence-corrected chi connectivity index (χ1v) is 11.3. The SMILES string of the molecule is Cc1nc(SC(C)C(=O)Nc2cc(C=O)ccc2O)c2c(-c3ccccc3)csc2n1. The van der Waals surface area contributed by atoms with Gasteiger partial charge in [0, 0.05) is 16.5 Å². The van der Waals surface area contributed by atoms with Crippen LogP contribution in [0.4, 0.5) is 5.69 Å². The zero-order valence-corrected chi connectivity index (χ0v) is 18.5. The average molecular weight is 450 g/mol. The molecular weight excluding hydrogens is 430 g/mol. The number of phenolic OH excluding ortho intramolecular Hbond substituents is 1. The van der Waals surface area contributed by atoms with Gasteiger partial charge in [0.25, 0.3) is 0 Å². The van der Waals surface area contributed by atoms with Crippen LogP contribution in [0, 0.1) is 6.92 Å². The van der Waals surface area contributed by atoms with Gasteiger partial charge >= 0.3 is 0 Å². The number of carbonyl (C=O) groups excluding carboxylic acids is 2. The van der Waals surface area contributed by atoms with Gasteiger partial charge in [-0.1, -0.05) is 42.1 Å². The predicted molar refractivity (Wildman–Crippen MR) is 125 cm³/mol. The highest BCUT2D eigenvalue weighted by Gasteiger charge is 2.21. The molecule has 31 heavy (non-hydrogen) atoms. The molecule has 0 aliphatic heterocycles. The lowest BCUT2D eigenvalue weighted by Gasteiger charge is -2.14. The number of aldehydes is 1. The summed E-state index contributed by atoms with van der Waals surface area (Å²) < 4.78 is 0. The van der Waals surface area contributed by atoms with Crippen LogP contribution in [-0.2, 0) is 4.79 Å². The number of amides is 1. The first-order valence-electron chi connectivity index (χ1n) is 9.53. The fraction of sp³-hybridized carbons (Fsp3) is 0.130. The van der Waals surface area contributed by atoms with E-state index in [1.54, 1.807) is 18.3 Å². The Balaban J connectivity index is 1.64. The van der Waals surface area contributed by atoms with E-state index in [0.717, 1.165) is 26.4 Å². The average Bonchev–Trinajstić information content (AvgIpc) is 3.19. The Morgan fingerprint density at radius 3 is 2.71 bits per heavy atom. The molecule has 1 unspecified atom stereocenters. The molecule has 8 heteroatoms. The Bertz CT molecular complexity index is 1270. The highest BCUT2D eigenvalue weighted by molar-refractivity contribution is 8.00. The van der Waals surface area contributed by atoms with Crippen LogP contribution in [0.15, 0.2) is 58.9 Å². The van der Waals surface area contributed by atoms with Crippen molar-refractivity contribution in [2.45, 2.75) is 24.1 Å². The van der Waals surface area contributed by atoms with E-state index in [0.29, 0.717) is 17.7 Å². The number of rotatable bonds is 6. The van der Waals surface area contributed by atoms with Crippen LogP contribution in [-0.4, -0.2) is 32.5 Å². The van der Waals surface area contributed by atoms with Crippen LogP contribution in [0.25, 0.3) is 21.3 Å². The standard InChI is InChI=1S/C23H19N3O3S2/c1-13(21(29)26-18-10-15(11-27)8-9-19(18)28)31-23-20-17(16-6-4-3-5-7-16)12-30-22(20)24-14(2)25-23/h3-13,28H,1-2H3,(H,26,29). The van der Waals surface area contributed by atoms with Crippen LogP contribution < -0.4 is 5.32 Å². The molecule has 0 aliphatic carbocycles. The van der Waals surface area contributed by atoms with Crippen molar-refractivity contribution in [1.82, 2.24) is 9.97 Å². The number of thioether (sulfide) groups is 1. The van der Waals surface area contributed by atoms with Crippen LogP contribution in [0.1, 0.15) is 23.1 Å². The molecule has 2 aromatic heterocycles. The van der Waals surface area contributed by atoms with Gasteiger partial charge in [-0.15, -0.1) is 11.3 Å². The van der Waals surface area contributed by atoms with Crippen molar-refractivity contribution in [3.63, 3.8) is 0 Å². The predicted octanol–water partition coefficient (Wildman–Crippen LogP) is 5.30. The maximum atomic E-state index is 12.8.